The van der Waals surface area contributed by atoms with Gasteiger partial charge in [0.15, 0.2) is 6.10 Å². The average molecular weight is 574 g/mol. The van der Waals surface area contributed by atoms with Gasteiger partial charge < -0.3 is 45.5 Å². The van der Waals surface area contributed by atoms with Crippen molar-refractivity contribution >= 4 is 41.7 Å². The maximum atomic E-state index is 12.3. The zero-order chi connectivity index (χ0) is 27.3. The SMILES string of the molecule is C[N+](C)(C)CCOP(=S)([S-])OC[C@@H](COC(=O)CCCCCCCO)OC(=O)CCCCCCCO. The van der Waals surface area contributed by atoms with Crippen molar-refractivity contribution in [3.8, 4) is 0 Å². The van der Waals surface area contributed by atoms with Crippen molar-refractivity contribution in [2.75, 3.05) is 60.7 Å². The van der Waals surface area contributed by atoms with E-state index in [2.05, 4.69) is 0 Å². The fourth-order valence-corrected chi connectivity index (χ4v) is 4.62. The lowest BCUT2D eigenvalue weighted by atomic mass is 10.1. The monoisotopic (exact) mass is 573 g/mol. The zero-order valence-electron chi connectivity index (χ0n) is 22.4. The molecule has 36 heavy (non-hydrogen) atoms. The molecule has 0 heterocycles. The number of rotatable bonds is 24. The van der Waals surface area contributed by atoms with Gasteiger partial charge in [0, 0.05) is 26.1 Å². The predicted molar refractivity (Wildman–Crippen MR) is 147 cm³/mol. The van der Waals surface area contributed by atoms with E-state index in [0.717, 1.165) is 51.4 Å². The van der Waals surface area contributed by atoms with E-state index >= 15 is 0 Å². The summed E-state index contributed by atoms with van der Waals surface area (Å²) >= 11 is 10.6. The Morgan fingerprint density at radius 2 is 1.31 bits per heavy atom. The molecular formula is C24H48NO8PS2. The summed E-state index contributed by atoms with van der Waals surface area (Å²) in [7, 11) is 6.09. The molecule has 0 aromatic heterocycles. The second-order valence-corrected chi connectivity index (χ2v) is 14.9. The van der Waals surface area contributed by atoms with Gasteiger partial charge in [0.05, 0.1) is 33.4 Å². The number of unbranched alkanes of at least 4 members (excludes halogenated alkanes) is 8. The van der Waals surface area contributed by atoms with Crippen LogP contribution in [0.15, 0.2) is 0 Å². The van der Waals surface area contributed by atoms with Gasteiger partial charge in [-0.15, -0.1) is 0 Å². The number of carbonyl (C=O) groups is 2. The highest BCUT2D eigenvalue weighted by molar-refractivity contribution is 8.51. The topological polar surface area (TPSA) is 112 Å². The number of aliphatic hydroxyl groups excluding tert-OH is 2. The Hall–Kier alpha value is -0.260. The number of hydrogen-bond donors (Lipinski definition) is 2. The van der Waals surface area contributed by atoms with Crippen molar-refractivity contribution in [2.45, 2.75) is 83.2 Å². The number of nitrogens with zero attached hydrogens (tertiary/aromatic N) is 1. The van der Waals surface area contributed by atoms with E-state index in [1.165, 1.54) is 0 Å². The molecule has 12 heteroatoms. The van der Waals surface area contributed by atoms with Crippen molar-refractivity contribution in [2.24, 2.45) is 0 Å². The summed E-state index contributed by atoms with van der Waals surface area (Å²) in [6, 6.07) is 0. The highest BCUT2D eigenvalue weighted by Gasteiger charge is 2.19. The van der Waals surface area contributed by atoms with Gasteiger partial charge in [-0.1, -0.05) is 50.3 Å². The van der Waals surface area contributed by atoms with E-state index in [1.807, 2.05) is 21.1 Å². The van der Waals surface area contributed by atoms with E-state index in [9.17, 15) is 9.59 Å². The third-order valence-corrected chi connectivity index (χ3v) is 7.47. The fourth-order valence-electron chi connectivity index (χ4n) is 3.08. The lowest BCUT2D eigenvalue weighted by Crippen LogP contribution is -2.37. The van der Waals surface area contributed by atoms with E-state index in [-0.39, 0.29) is 45.2 Å². The number of quaternary nitrogens is 1. The first kappa shape index (κ1) is 35.7. The molecule has 0 fully saturated rings. The summed E-state index contributed by atoms with van der Waals surface area (Å²) in [6.07, 6.45) is 8.17. The quantitative estimate of drug-likeness (QED) is 0.0584. The molecule has 0 saturated carbocycles. The Morgan fingerprint density at radius 1 is 0.806 bits per heavy atom. The molecule has 1 unspecified atom stereocenters. The van der Waals surface area contributed by atoms with Gasteiger partial charge in [-0.25, -0.2) is 0 Å². The van der Waals surface area contributed by atoms with Gasteiger partial charge in [0.25, 0.3) is 0 Å². The second kappa shape index (κ2) is 21.6. The van der Waals surface area contributed by atoms with Crippen molar-refractivity contribution in [3.05, 3.63) is 0 Å². The largest absolute Gasteiger partial charge is 0.691 e. The Balaban J connectivity index is 4.60. The van der Waals surface area contributed by atoms with Crippen molar-refractivity contribution in [3.63, 3.8) is 0 Å². The van der Waals surface area contributed by atoms with Gasteiger partial charge in [-0.05, 0) is 25.7 Å². The molecule has 0 rings (SSSR count). The van der Waals surface area contributed by atoms with Crippen LogP contribution in [0.5, 0.6) is 0 Å². The van der Waals surface area contributed by atoms with Gasteiger partial charge in [0.1, 0.15) is 19.8 Å². The Morgan fingerprint density at radius 3 is 1.83 bits per heavy atom. The van der Waals surface area contributed by atoms with Gasteiger partial charge in [0.2, 0.25) is 0 Å². The van der Waals surface area contributed by atoms with Crippen LogP contribution in [0.1, 0.15) is 77.0 Å². The number of likely N-dealkylation sites (N-methyl/N-ethyl adjacent to an activating group) is 1. The normalized spacial score (nSPS) is 14.3. The van der Waals surface area contributed by atoms with Crippen LogP contribution < -0.4 is 0 Å². The number of carbonyl (C=O) groups excluding carboxylic acids is 2. The molecule has 214 valence electrons. The molecule has 0 aromatic carbocycles. The van der Waals surface area contributed by atoms with Gasteiger partial charge in [-0.3, -0.25) is 9.59 Å². The second-order valence-electron chi connectivity index (χ2n) is 9.87. The highest BCUT2D eigenvalue weighted by Crippen LogP contribution is 2.46. The highest BCUT2D eigenvalue weighted by atomic mass is 32.9. The summed E-state index contributed by atoms with van der Waals surface area (Å²) in [5.74, 6) is -0.756. The van der Waals surface area contributed by atoms with Crippen LogP contribution in [-0.4, -0.2) is 93.5 Å². The molecule has 0 amide bonds. The number of ether oxygens (including phenoxy) is 2. The third kappa shape index (κ3) is 24.1. The lowest BCUT2D eigenvalue weighted by molar-refractivity contribution is -0.870. The molecule has 9 nitrogen and oxygen atoms in total. The average Bonchev–Trinajstić information content (AvgIpc) is 2.79. The number of hydrogen-bond acceptors (Lipinski definition) is 10. The molecular weight excluding hydrogens is 525 g/mol. The molecule has 0 aliphatic carbocycles. The van der Waals surface area contributed by atoms with E-state index in [4.69, 9.17) is 52.8 Å². The van der Waals surface area contributed by atoms with Gasteiger partial charge >= 0.3 is 11.9 Å². The molecule has 0 bridgehead atoms. The molecule has 0 aliphatic rings. The minimum atomic E-state index is -2.95. The van der Waals surface area contributed by atoms with Crippen LogP contribution >= 0.6 is 5.69 Å². The number of esters is 2. The van der Waals surface area contributed by atoms with Crippen LogP contribution in [0.4, 0.5) is 0 Å². The first-order valence-electron chi connectivity index (χ1n) is 13.0. The Kier molecular flexibility index (Phi) is 21.5. The summed E-state index contributed by atoms with van der Waals surface area (Å²) < 4.78 is 22.8. The lowest BCUT2D eigenvalue weighted by Gasteiger charge is -2.32. The molecule has 0 radical (unpaired) electrons. The van der Waals surface area contributed by atoms with E-state index in [0.29, 0.717) is 30.5 Å². The maximum absolute atomic E-state index is 12.3. The Bertz CT molecular complexity index is 634. The Labute approximate surface area is 228 Å². The van der Waals surface area contributed by atoms with Crippen LogP contribution in [0.2, 0.25) is 0 Å². The summed E-state index contributed by atoms with van der Waals surface area (Å²) in [4.78, 5) is 24.5. The predicted octanol–water partition coefficient (Wildman–Crippen LogP) is 3.62. The summed E-state index contributed by atoms with van der Waals surface area (Å²) in [5, 5.41) is 17.6. The zero-order valence-corrected chi connectivity index (χ0v) is 24.9. The van der Waals surface area contributed by atoms with Crippen molar-refractivity contribution in [1.29, 1.82) is 0 Å². The fraction of sp³-hybridized carbons (Fsp3) is 0.917. The standard InChI is InChI=1S/C24H48NO8PS2/c1-25(2,3)16-19-31-34(35,36)32-21-22(33-24(29)15-11-7-5-9-13-18-27)20-30-23(28)14-10-6-4-8-12-17-26/h22,26-27H,4-21H2,1-3H3/t22-/m1/s1. The van der Waals surface area contributed by atoms with Crippen LogP contribution in [-0.2, 0) is 52.2 Å². The minimum Gasteiger partial charge on any atom is -0.691 e. The van der Waals surface area contributed by atoms with Crippen LogP contribution in [0.3, 0.4) is 0 Å². The summed E-state index contributed by atoms with van der Waals surface area (Å²) in [6.45, 7) is 1.22. The number of aliphatic hydroxyl groups is 2. The summed E-state index contributed by atoms with van der Waals surface area (Å²) in [5.41, 5.74) is -2.95. The van der Waals surface area contributed by atoms with Crippen molar-refractivity contribution in [1.82, 2.24) is 0 Å². The first-order valence-corrected chi connectivity index (χ1v) is 16.6. The van der Waals surface area contributed by atoms with Gasteiger partial charge in [-0.2, -0.15) is 0 Å². The smallest absolute Gasteiger partial charge is 0.306 e. The third-order valence-electron chi connectivity index (χ3n) is 5.24. The first-order chi connectivity index (χ1) is 17.0. The minimum absolute atomic E-state index is 0.0954. The molecule has 0 saturated heterocycles. The van der Waals surface area contributed by atoms with Crippen LogP contribution in [0.25, 0.3) is 0 Å². The maximum Gasteiger partial charge on any atom is 0.306 e. The van der Waals surface area contributed by atoms with Crippen LogP contribution in [0, 0.1) is 0 Å². The molecule has 2 atom stereocenters. The molecule has 0 spiro atoms. The molecule has 0 aliphatic heterocycles. The van der Waals surface area contributed by atoms with Crippen molar-refractivity contribution < 1.29 is 42.8 Å². The molecule has 0 aromatic rings. The van der Waals surface area contributed by atoms with E-state index < -0.39 is 17.8 Å². The molecule has 2 N–H and O–H groups in total. The van der Waals surface area contributed by atoms with E-state index in [1.54, 1.807) is 0 Å².